The summed E-state index contributed by atoms with van der Waals surface area (Å²) in [6.07, 6.45) is 0. The lowest BCUT2D eigenvalue weighted by Gasteiger charge is -2.17. The Hall–Kier alpha value is -4.17. The molecule has 0 radical (unpaired) electrons. The first kappa shape index (κ1) is 24.2. The summed E-state index contributed by atoms with van der Waals surface area (Å²) in [6, 6.07) is 46.6. The van der Waals surface area contributed by atoms with E-state index in [-0.39, 0.29) is 0 Å². The molecule has 6 rings (SSSR count). The molecule has 4 heteroatoms. The molecule has 0 aliphatic heterocycles. The molecule has 0 saturated heterocycles. The highest BCUT2D eigenvalue weighted by Crippen LogP contribution is 2.46. The van der Waals surface area contributed by atoms with Crippen LogP contribution in [0.15, 0.2) is 152 Å². The second-order valence-electron chi connectivity index (χ2n) is 8.75. The third-order valence-electron chi connectivity index (χ3n) is 6.53. The van der Waals surface area contributed by atoms with Crippen LogP contribution >= 0.6 is 11.8 Å². The molecule has 182 valence electrons. The van der Waals surface area contributed by atoms with Crippen LogP contribution in [-0.2, 0) is 10.9 Å². The van der Waals surface area contributed by atoms with E-state index < -0.39 is 10.9 Å². The van der Waals surface area contributed by atoms with E-state index in [1.54, 1.807) is 18.9 Å². The van der Waals surface area contributed by atoms with Crippen LogP contribution in [0, 0.1) is 11.3 Å². The zero-order chi connectivity index (χ0) is 25.9. The molecular weight excluding hydrogens is 503 g/mol. The normalized spacial score (nSPS) is 11.8. The Morgan fingerprint density at radius 2 is 1.24 bits per heavy atom. The molecule has 0 aliphatic carbocycles. The van der Waals surface area contributed by atoms with E-state index in [1.807, 2.05) is 12.1 Å². The Kier molecular flexibility index (Phi) is 6.79. The van der Waals surface area contributed by atoms with E-state index in [4.69, 9.17) is 4.74 Å². The van der Waals surface area contributed by atoms with Crippen molar-refractivity contribution in [1.29, 1.82) is 5.26 Å². The summed E-state index contributed by atoms with van der Waals surface area (Å²) in [5, 5.41) is 14.5. The fourth-order valence-electron chi connectivity index (χ4n) is 4.81. The average Bonchev–Trinajstić information content (AvgIpc) is 2.99. The van der Waals surface area contributed by atoms with Crippen molar-refractivity contribution in [3.05, 3.63) is 133 Å². The quantitative estimate of drug-likeness (QED) is 0.203. The van der Waals surface area contributed by atoms with Gasteiger partial charge in [-0.3, -0.25) is 0 Å². The minimum atomic E-state index is -0.480. The molecule has 1 atom stereocenters. The molecule has 0 aliphatic rings. The summed E-state index contributed by atoms with van der Waals surface area (Å²) >= 11 is 1.77. The van der Waals surface area contributed by atoms with Gasteiger partial charge in [0.2, 0.25) is 0 Å². The molecule has 0 N–H and O–H groups in total. The number of rotatable bonds is 6. The van der Waals surface area contributed by atoms with Crippen molar-refractivity contribution in [1.82, 2.24) is 0 Å². The zero-order valence-corrected chi connectivity index (χ0v) is 22.4. The van der Waals surface area contributed by atoms with Crippen LogP contribution in [0.25, 0.3) is 21.5 Å². The summed E-state index contributed by atoms with van der Waals surface area (Å²) in [7, 11) is 1.24. The molecule has 6 aromatic rings. The molecule has 1 unspecified atom stereocenters. The molecule has 0 bridgehead atoms. The fourth-order valence-corrected chi connectivity index (χ4v) is 8.47. The lowest BCUT2D eigenvalue weighted by Crippen LogP contribution is -2.08. The van der Waals surface area contributed by atoms with E-state index in [0.717, 1.165) is 32.2 Å². The monoisotopic (exact) mass is 526 g/mol. The van der Waals surface area contributed by atoms with Gasteiger partial charge in [-0.05, 0) is 42.5 Å². The largest absolute Gasteiger partial charge is 0.496 e. The maximum absolute atomic E-state index is 10.2. The van der Waals surface area contributed by atoms with Crippen LogP contribution in [0.2, 0.25) is 0 Å². The van der Waals surface area contributed by atoms with Crippen molar-refractivity contribution >= 4 is 44.2 Å². The maximum atomic E-state index is 10.2. The Balaban J connectivity index is 1.71. The Morgan fingerprint density at radius 1 is 0.632 bits per heavy atom. The predicted octanol–water partition coefficient (Wildman–Crippen LogP) is 9.12. The van der Waals surface area contributed by atoms with Crippen molar-refractivity contribution < 1.29 is 4.74 Å². The first-order chi connectivity index (χ1) is 18.8. The van der Waals surface area contributed by atoms with Crippen molar-refractivity contribution in [2.75, 3.05) is 7.11 Å². The van der Waals surface area contributed by atoms with Crippen LogP contribution in [0.3, 0.4) is 0 Å². The summed E-state index contributed by atoms with van der Waals surface area (Å²) < 4.78 is 5.73. The fraction of sp³-hybridized carbons (Fsp3) is 0.0294. The average molecular weight is 527 g/mol. The van der Waals surface area contributed by atoms with Crippen molar-refractivity contribution in [3.63, 3.8) is 0 Å². The molecule has 6 aromatic carbocycles. The highest BCUT2D eigenvalue weighted by atomic mass is 32.2. The van der Waals surface area contributed by atoms with Gasteiger partial charge in [0.15, 0.2) is 14.7 Å². The van der Waals surface area contributed by atoms with Crippen molar-refractivity contribution in [2.24, 2.45) is 0 Å². The highest BCUT2D eigenvalue weighted by molar-refractivity contribution is 8.01. The van der Waals surface area contributed by atoms with Gasteiger partial charge in [-0.25, -0.2) is 0 Å². The Labute approximate surface area is 229 Å². The van der Waals surface area contributed by atoms with Crippen molar-refractivity contribution in [2.45, 2.75) is 24.5 Å². The lowest BCUT2D eigenvalue weighted by molar-refractivity contribution is 0.419. The third-order valence-corrected chi connectivity index (χ3v) is 10.1. The number of nitrogens with zero attached hydrogens (tertiary/aromatic N) is 1. The number of fused-ring (bicyclic) bond motifs is 2. The minimum Gasteiger partial charge on any atom is -0.496 e. The van der Waals surface area contributed by atoms with E-state index in [2.05, 4.69) is 121 Å². The minimum absolute atomic E-state index is 0.480. The molecule has 2 nitrogen and oxygen atoms in total. The van der Waals surface area contributed by atoms with Gasteiger partial charge in [-0.2, -0.15) is 5.26 Å². The topological polar surface area (TPSA) is 33.0 Å². The highest BCUT2D eigenvalue weighted by Gasteiger charge is 2.35. The number of hydrogen-bond donors (Lipinski definition) is 0. The van der Waals surface area contributed by atoms with Crippen LogP contribution in [0.1, 0.15) is 5.56 Å². The molecule has 0 spiro atoms. The van der Waals surface area contributed by atoms with Gasteiger partial charge in [-0.15, -0.1) is 0 Å². The SMILES string of the molecule is COc1ccc([S+](c2ccccc2)c2cc(C#N)c3ccccc3c2Sc2ccccc2)c2ccccc12. The van der Waals surface area contributed by atoms with E-state index in [0.29, 0.717) is 5.56 Å². The van der Waals surface area contributed by atoms with Gasteiger partial charge in [0.25, 0.3) is 0 Å². The second-order valence-corrected chi connectivity index (χ2v) is 11.8. The Bertz CT molecular complexity index is 1790. The van der Waals surface area contributed by atoms with Crippen LogP contribution < -0.4 is 4.74 Å². The molecular formula is C34H24NOS2+. The summed E-state index contributed by atoms with van der Waals surface area (Å²) in [6.45, 7) is 0. The van der Waals surface area contributed by atoms with Crippen LogP contribution in [0.5, 0.6) is 5.75 Å². The van der Waals surface area contributed by atoms with Gasteiger partial charge in [0.1, 0.15) is 16.6 Å². The van der Waals surface area contributed by atoms with Gasteiger partial charge in [0, 0.05) is 32.5 Å². The van der Waals surface area contributed by atoms with Gasteiger partial charge in [0.05, 0.1) is 23.6 Å². The lowest BCUT2D eigenvalue weighted by atomic mass is 10.1. The van der Waals surface area contributed by atoms with E-state index in [9.17, 15) is 5.26 Å². The molecule has 0 heterocycles. The van der Waals surface area contributed by atoms with E-state index in [1.165, 1.54) is 19.6 Å². The van der Waals surface area contributed by atoms with Crippen LogP contribution in [0.4, 0.5) is 0 Å². The summed E-state index contributed by atoms with van der Waals surface area (Å²) in [4.78, 5) is 5.91. The van der Waals surface area contributed by atoms with Gasteiger partial charge in [-0.1, -0.05) is 90.6 Å². The second kappa shape index (κ2) is 10.7. The number of nitriles is 1. The maximum Gasteiger partial charge on any atom is 0.182 e. The zero-order valence-electron chi connectivity index (χ0n) is 20.8. The summed E-state index contributed by atoms with van der Waals surface area (Å²) in [5.74, 6) is 0.857. The molecule has 0 fully saturated rings. The predicted molar refractivity (Wildman–Crippen MR) is 158 cm³/mol. The summed E-state index contributed by atoms with van der Waals surface area (Å²) in [5.41, 5.74) is 0.694. The Morgan fingerprint density at radius 3 is 1.92 bits per heavy atom. The molecule has 0 amide bonds. The van der Waals surface area contributed by atoms with Gasteiger partial charge < -0.3 is 4.74 Å². The standard InChI is InChI=1S/C34H24NOS2/c1-36-31-20-21-32(29-18-10-9-17-28(29)31)38(26-14-6-3-7-15-26)33-22-24(23-35)27-16-8-11-19-30(27)34(33)37-25-12-4-2-5-13-25/h2-22H,1H3/q+1. The number of hydrogen-bond acceptors (Lipinski definition) is 3. The van der Waals surface area contributed by atoms with Gasteiger partial charge >= 0.3 is 0 Å². The van der Waals surface area contributed by atoms with Crippen LogP contribution in [-0.4, -0.2) is 7.11 Å². The first-order valence-corrected chi connectivity index (χ1v) is 14.4. The number of benzene rings is 6. The smallest absolute Gasteiger partial charge is 0.182 e. The molecule has 38 heavy (non-hydrogen) atoms. The third kappa shape index (κ3) is 4.41. The molecule has 0 saturated carbocycles. The van der Waals surface area contributed by atoms with E-state index >= 15 is 0 Å². The molecule has 0 aromatic heterocycles. The number of ether oxygens (including phenoxy) is 1. The number of methoxy groups -OCH3 is 1. The van der Waals surface area contributed by atoms with Crippen molar-refractivity contribution in [3.8, 4) is 11.8 Å². The first-order valence-electron chi connectivity index (χ1n) is 12.3.